The fraction of sp³-hybridized carbons (Fsp3) is 0.600. The summed E-state index contributed by atoms with van der Waals surface area (Å²) < 4.78 is 28.1. The van der Waals surface area contributed by atoms with Crippen LogP contribution in [-0.2, 0) is 11.0 Å². The number of likely N-dealkylation sites (tertiary alicyclic amines) is 1. The minimum absolute atomic E-state index is 0.138. The fourth-order valence-electron chi connectivity index (χ4n) is 3.72. The second kappa shape index (κ2) is 8.11. The topological polar surface area (TPSA) is 23.6 Å². The lowest BCUT2D eigenvalue weighted by atomic mass is 10.0. The molecule has 1 aliphatic rings. The van der Waals surface area contributed by atoms with Crippen LogP contribution in [0.3, 0.4) is 0 Å². The van der Waals surface area contributed by atoms with Crippen molar-refractivity contribution < 1.29 is 8.60 Å². The third-order valence-electron chi connectivity index (χ3n) is 5.05. The molecule has 0 spiro atoms. The third kappa shape index (κ3) is 4.57. The molecule has 3 nitrogen and oxygen atoms in total. The van der Waals surface area contributed by atoms with Gasteiger partial charge in [-0.1, -0.05) is 18.2 Å². The van der Waals surface area contributed by atoms with Crippen LogP contribution in [0.1, 0.15) is 52.1 Å². The summed E-state index contributed by atoms with van der Waals surface area (Å²) in [5.74, 6) is -0.196. The maximum Gasteiger partial charge on any atom is 0.123 e. The first-order chi connectivity index (χ1) is 11.7. The van der Waals surface area contributed by atoms with Gasteiger partial charge in [-0.25, -0.2) is 12.9 Å². The zero-order valence-corrected chi connectivity index (χ0v) is 16.9. The predicted octanol–water partition coefficient (Wildman–Crippen LogP) is 4.30. The Balaban J connectivity index is 2.23. The summed E-state index contributed by atoms with van der Waals surface area (Å²) in [5.41, 5.74) is 1.01. The van der Waals surface area contributed by atoms with E-state index in [1.165, 1.54) is 6.07 Å². The molecule has 0 aliphatic carbocycles. The van der Waals surface area contributed by atoms with Gasteiger partial charge in [-0.15, -0.1) is 6.58 Å². The van der Waals surface area contributed by atoms with E-state index in [-0.39, 0.29) is 28.7 Å². The third-order valence-corrected chi connectivity index (χ3v) is 6.95. The summed E-state index contributed by atoms with van der Waals surface area (Å²) in [6, 6.07) is 7.46. The smallest absolute Gasteiger partial charge is 0.123 e. The summed E-state index contributed by atoms with van der Waals surface area (Å²) in [5, 5.41) is 0. The summed E-state index contributed by atoms with van der Waals surface area (Å²) >= 11 is 0. The highest BCUT2D eigenvalue weighted by atomic mass is 32.2. The molecule has 25 heavy (non-hydrogen) atoms. The average Bonchev–Trinajstić information content (AvgIpc) is 2.96. The van der Waals surface area contributed by atoms with E-state index < -0.39 is 11.0 Å². The number of benzene rings is 1. The molecule has 1 unspecified atom stereocenters. The van der Waals surface area contributed by atoms with E-state index in [0.29, 0.717) is 0 Å². The molecule has 140 valence electrons. The van der Waals surface area contributed by atoms with Gasteiger partial charge in [0.25, 0.3) is 0 Å². The molecule has 1 aliphatic heterocycles. The molecule has 0 aromatic heterocycles. The van der Waals surface area contributed by atoms with Crippen molar-refractivity contribution in [3.8, 4) is 0 Å². The maximum atomic E-state index is 13.7. The van der Waals surface area contributed by atoms with Crippen molar-refractivity contribution in [1.82, 2.24) is 9.21 Å². The van der Waals surface area contributed by atoms with Gasteiger partial charge in [-0.3, -0.25) is 4.90 Å². The van der Waals surface area contributed by atoms with Gasteiger partial charge in [0.05, 0.1) is 15.7 Å². The molecule has 0 saturated carbocycles. The second-order valence-electron chi connectivity index (χ2n) is 7.85. The Bertz CT molecular complexity index is 628. The second-order valence-corrected chi connectivity index (χ2v) is 10.1. The van der Waals surface area contributed by atoms with Crippen molar-refractivity contribution in [3.63, 3.8) is 0 Å². The van der Waals surface area contributed by atoms with Crippen LogP contribution in [0.2, 0.25) is 0 Å². The van der Waals surface area contributed by atoms with Gasteiger partial charge in [0.1, 0.15) is 5.82 Å². The summed E-state index contributed by atoms with van der Waals surface area (Å²) in [6.07, 6.45) is 3.88. The molecule has 0 bridgehead atoms. The Hall–Kier alpha value is -1.04. The van der Waals surface area contributed by atoms with Crippen molar-refractivity contribution in [3.05, 3.63) is 48.3 Å². The normalized spacial score (nSPS) is 24.4. The number of hydrogen-bond donors (Lipinski definition) is 0. The SMILES string of the molecule is C=CCN1[C@@H]([C@H](C)N(C)S(=O)C(C)(C)C)CC[C@H]1c1cccc(F)c1. The molecular weight excluding hydrogens is 335 g/mol. The van der Waals surface area contributed by atoms with Crippen LogP contribution in [0.25, 0.3) is 0 Å². The summed E-state index contributed by atoms with van der Waals surface area (Å²) in [6.45, 7) is 12.8. The van der Waals surface area contributed by atoms with Crippen LogP contribution >= 0.6 is 0 Å². The van der Waals surface area contributed by atoms with Gasteiger partial charge in [-0.05, 0) is 58.2 Å². The number of halogens is 1. The van der Waals surface area contributed by atoms with E-state index in [9.17, 15) is 8.60 Å². The van der Waals surface area contributed by atoms with Crippen molar-refractivity contribution in [2.45, 2.75) is 63.4 Å². The molecule has 4 atom stereocenters. The van der Waals surface area contributed by atoms with Gasteiger partial charge >= 0.3 is 0 Å². The van der Waals surface area contributed by atoms with Crippen LogP contribution in [-0.4, -0.2) is 43.8 Å². The van der Waals surface area contributed by atoms with Crippen LogP contribution in [0.4, 0.5) is 4.39 Å². The predicted molar refractivity (Wildman–Crippen MR) is 104 cm³/mol. The highest BCUT2D eigenvalue weighted by molar-refractivity contribution is 7.84. The van der Waals surface area contributed by atoms with E-state index in [4.69, 9.17) is 0 Å². The Morgan fingerprint density at radius 3 is 2.68 bits per heavy atom. The summed E-state index contributed by atoms with van der Waals surface area (Å²) in [4.78, 5) is 2.38. The zero-order valence-electron chi connectivity index (χ0n) is 16.0. The zero-order chi connectivity index (χ0) is 18.8. The van der Waals surface area contributed by atoms with E-state index in [1.807, 2.05) is 44.3 Å². The standard InChI is InChI=1S/C20H31FN2OS/c1-7-13-23-18(15(2)22(6)25(24)20(3,4)5)11-12-19(23)16-9-8-10-17(21)14-16/h7-10,14-15,18-19H,1,11-13H2,2-6H3/t15-,18+,19-,25?/m0/s1. The van der Waals surface area contributed by atoms with E-state index in [2.05, 4.69) is 18.4 Å². The molecule has 1 fully saturated rings. The first-order valence-electron chi connectivity index (χ1n) is 8.93. The number of nitrogens with zero attached hydrogens (tertiary/aromatic N) is 2. The summed E-state index contributed by atoms with van der Waals surface area (Å²) in [7, 11) is 0.873. The lowest BCUT2D eigenvalue weighted by molar-refractivity contribution is 0.159. The molecule has 1 aromatic carbocycles. The number of rotatable bonds is 6. The molecular formula is C20H31FN2OS. The van der Waals surface area contributed by atoms with Crippen LogP contribution in [0.15, 0.2) is 36.9 Å². The Kier molecular flexibility index (Phi) is 6.57. The minimum Gasteiger partial charge on any atom is -0.288 e. The molecule has 0 N–H and O–H groups in total. The first kappa shape index (κ1) is 20.3. The molecule has 2 rings (SSSR count). The molecule has 0 amide bonds. The van der Waals surface area contributed by atoms with Gasteiger partial charge < -0.3 is 0 Å². The highest BCUT2D eigenvalue weighted by Gasteiger charge is 2.40. The molecule has 5 heteroatoms. The Labute approximate surface area is 154 Å². The van der Waals surface area contributed by atoms with Gasteiger partial charge in [-0.2, -0.15) is 0 Å². The fourth-order valence-corrected chi connectivity index (χ4v) is 5.03. The quantitative estimate of drug-likeness (QED) is 0.701. The maximum absolute atomic E-state index is 13.7. The Morgan fingerprint density at radius 1 is 1.44 bits per heavy atom. The largest absolute Gasteiger partial charge is 0.288 e. The van der Waals surface area contributed by atoms with Crippen molar-refractivity contribution in [1.29, 1.82) is 0 Å². The van der Waals surface area contributed by atoms with Gasteiger partial charge in [0, 0.05) is 31.7 Å². The van der Waals surface area contributed by atoms with Crippen molar-refractivity contribution in [2.24, 2.45) is 0 Å². The van der Waals surface area contributed by atoms with Gasteiger partial charge in [0.2, 0.25) is 0 Å². The van der Waals surface area contributed by atoms with E-state index >= 15 is 0 Å². The van der Waals surface area contributed by atoms with Gasteiger partial charge in [0.15, 0.2) is 0 Å². The number of hydrogen-bond acceptors (Lipinski definition) is 2. The first-order valence-corrected chi connectivity index (χ1v) is 10.0. The average molecular weight is 367 g/mol. The molecule has 1 saturated heterocycles. The van der Waals surface area contributed by atoms with Crippen molar-refractivity contribution in [2.75, 3.05) is 13.6 Å². The molecule has 1 heterocycles. The van der Waals surface area contributed by atoms with Crippen LogP contribution < -0.4 is 0 Å². The lowest BCUT2D eigenvalue weighted by Crippen LogP contribution is -2.50. The highest BCUT2D eigenvalue weighted by Crippen LogP contribution is 2.38. The van der Waals surface area contributed by atoms with E-state index in [0.717, 1.165) is 24.9 Å². The molecule has 1 aromatic rings. The van der Waals surface area contributed by atoms with Crippen molar-refractivity contribution >= 4 is 11.0 Å². The lowest BCUT2D eigenvalue weighted by Gasteiger charge is -2.38. The molecule has 0 radical (unpaired) electrons. The number of likely N-dealkylation sites (N-methyl/N-ethyl adjacent to an activating group) is 1. The Morgan fingerprint density at radius 2 is 2.12 bits per heavy atom. The minimum atomic E-state index is -1.07. The van der Waals surface area contributed by atoms with Crippen LogP contribution in [0.5, 0.6) is 0 Å². The van der Waals surface area contributed by atoms with E-state index in [1.54, 1.807) is 12.1 Å². The van der Waals surface area contributed by atoms with Crippen LogP contribution in [0, 0.1) is 5.82 Å². The monoisotopic (exact) mass is 366 g/mol.